The summed E-state index contributed by atoms with van der Waals surface area (Å²) >= 11 is 0. The number of benzene rings is 2. The third-order valence-electron chi connectivity index (χ3n) is 3.41. The number of ether oxygens (including phenoxy) is 3. The molecule has 0 atom stereocenters. The van der Waals surface area contributed by atoms with Crippen molar-refractivity contribution in [2.24, 2.45) is 0 Å². The Morgan fingerprint density at radius 3 is 2.56 bits per heavy atom. The van der Waals surface area contributed by atoms with Gasteiger partial charge in [0.15, 0.2) is 6.61 Å². The molecule has 0 aliphatic rings. The highest BCUT2D eigenvalue weighted by molar-refractivity contribution is 5.90. The van der Waals surface area contributed by atoms with E-state index in [9.17, 15) is 9.59 Å². The second-order valence-corrected chi connectivity index (χ2v) is 5.70. The van der Waals surface area contributed by atoms with E-state index in [2.05, 4.69) is 0 Å². The smallest absolute Gasteiger partial charge is 0.349 e. The summed E-state index contributed by atoms with van der Waals surface area (Å²) in [5.41, 5.74) is 2.42. The van der Waals surface area contributed by atoms with Gasteiger partial charge < -0.3 is 14.2 Å². The first kappa shape index (κ1) is 18.5. The molecule has 0 fully saturated rings. The molecule has 25 heavy (non-hydrogen) atoms. The second-order valence-electron chi connectivity index (χ2n) is 5.70. The van der Waals surface area contributed by atoms with Crippen molar-refractivity contribution in [2.75, 3.05) is 13.2 Å². The van der Waals surface area contributed by atoms with Gasteiger partial charge in [-0.25, -0.2) is 9.59 Å². The summed E-state index contributed by atoms with van der Waals surface area (Å²) in [6.07, 6.45) is 0.746. The van der Waals surface area contributed by atoms with Crippen molar-refractivity contribution in [3.05, 3.63) is 59.2 Å². The van der Waals surface area contributed by atoms with E-state index in [0.717, 1.165) is 17.5 Å². The molecular formula is C20H22O5. The lowest BCUT2D eigenvalue weighted by atomic mass is 10.1. The Bertz CT molecular complexity index is 752. The maximum Gasteiger partial charge on any atom is 0.349 e. The van der Waals surface area contributed by atoms with Crippen LogP contribution >= 0.6 is 0 Å². The summed E-state index contributed by atoms with van der Waals surface area (Å²) in [7, 11) is 0. The fourth-order valence-electron chi connectivity index (χ4n) is 2.22. The second kappa shape index (κ2) is 8.87. The third-order valence-corrected chi connectivity index (χ3v) is 3.41. The van der Waals surface area contributed by atoms with Crippen LogP contribution in [0, 0.1) is 13.8 Å². The number of carbonyl (C=O) groups excluding carboxylic acids is 2. The van der Waals surface area contributed by atoms with Crippen LogP contribution in [0.1, 0.15) is 34.8 Å². The SMILES string of the molecule is CCCOC(=O)c1cccc(OC(=O)COc2ccc(C)cc2C)c1. The van der Waals surface area contributed by atoms with Crippen LogP contribution in [-0.4, -0.2) is 25.2 Å². The number of esters is 2. The van der Waals surface area contributed by atoms with Crippen molar-refractivity contribution in [3.8, 4) is 11.5 Å². The topological polar surface area (TPSA) is 61.8 Å². The zero-order valence-electron chi connectivity index (χ0n) is 14.7. The van der Waals surface area contributed by atoms with Gasteiger partial charge in [-0.1, -0.05) is 30.7 Å². The highest BCUT2D eigenvalue weighted by atomic mass is 16.6. The lowest BCUT2D eigenvalue weighted by Gasteiger charge is -2.10. The average molecular weight is 342 g/mol. The third kappa shape index (κ3) is 5.64. The number of carbonyl (C=O) groups is 2. The van der Waals surface area contributed by atoms with Crippen molar-refractivity contribution in [1.82, 2.24) is 0 Å². The van der Waals surface area contributed by atoms with Crippen molar-refractivity contribution in [1.29, 1.82) is 0 Å². The molecule has 2 rings (SSSR count). The minimum atomic E-state index is -0.543. The van der Waals surface area contributed by atoms with Crippen LogP contribution in [0.2, 0.25) is 0 Å². The molecule has 2 aromatic carbocycles. The molecule has 0 aromatic heterocycles. The zero-order chi connectivity index (χ0) is 18.2. The van der Waals surface area contributed by atoms with Gasteiger partial charge in [-0.2, -0.15) is 0 Å². The molecule has 2 aromatic rings. The fraction of sp³-hybridized carbons (Fsp3) is 0.300. The molecule has 0 radical (unpaired) electrons. The van der Waals surface area contributed by atoms with Crippen molar-refractivity contribution in [3.63, 3.8) is 0 Å². The molecule has 0 unspecified atom stereocenters. The van der Waals surface area contributed by atoms with E-state index in [-0.39, 0.29) is 12.4 Å². The predicted octanol–water partition coefficient (Wildman–Crippen LogP) is 3.85. The van der Waals surface area contributed by atoms with Crippen LogP contribution in [0.4, 0.5) is 0 Å². The van der Waals surface area contributed by atoms with E-state index in [1.807, 2.05) is 39.0 Å². The highest BCUT2D eigenvalue weighted by Gasteiger charge is 2.11. The van der Waals surface area contributed by atoms with Crippen molar-refractivity contribution < 1.29 is 23.8 Å². The summed E-state index contributed by atoms with van der Waals surface area (Å²) in [6.45, 7) is 5.96. The maximum atomic E-state index is 12.0. The summed E-state index contributed by atoms with van der Waals surface area (Å²) in [6, 6.07) is 12.0. The van der Waals surface area contributed by atoms with Crippen LogP contribution in [0.5, 0.6) is 11.5 Å². The molecule has 0 aliphatic carbocycles. The lowest BCUT2D eigenvalue weighted by Crippen LogP contribution is -2.18. The van der Waals surface area contributed by atoms with Crippen LogP contribution in [-0.2, 0) is 9.53 Å². The van der Waals surface area contributed by atoms with Crippen LogP contribution in [0.25, 0.3) is 0 Å². The van der Waals surface area contributed by atoms with Gasteiger partial charge in [0, 0.05) is 0 Å². The van der Waals surface area contributed by atoms with Crippen LogP contribution < -0.4 is 9.47 Å². The van der Waals surface area contributed by atoms with Gasteiger partial charge in [0.25, 0.3) is 0 Å². The van der Waals surface area contributed by atoms with Crippen LogP contribution in [0.3, 0.4) is 0 Å². The Hall–Kier alpha value is -2.82. The van der Waals surface area contributed by atoms with E-state index >= 15 is 0 Å². The monoisotopic (exact) mass is 342 g/mol. The maximum absolute atomic E-state index is 12.0. The average Bonchev–Trinajstić information content (AvgIpc) is 2.59. The fourth-order valence-corrected chi connectivity index (χ4v) is 2.22. The number of hydrogen-bond donors (Lipinski definition) is 0. The van der Waals surface area contributed by atoms with Gasteiger partial charge in [0.1, 0.15) is 11.5 Å². The van der Waals surface area contributed by atoms with Gasteiger partial charge in [0.2, 0.25) is 0 Å². The molecule has 5 nitrogen and oxygen atoms in total. The quantitative estimate of drug-likeness (QED) is 0.565. The van der Waals surface area contributed by atoms with E-state index in [0.29, 0.717) is 17.9 Å². The summed E-state index contributed by atoms with van der Waals surface area (Å²) in [4.78, 5) is 23.8. The van der Waals surface area contributed by atoms with Gasteiger partial charge in [-0.15, -0.1) is 0 Å². The minimum Gasteiger partial charge on any atom is -0.482 e. The van der Waals surface area contributed by atoms with Gasteiger partial charge in [-0.3, -0.25) is 0 Å². The Morgan fingerprint density at radius 2 is 1.84 bits per heavy atom. The highest BCUT2D eigenvalue weighted by Crippen LogP contribution is 2.19. The Kier molecular flexibility index (Phi) is 6.57. The van der Waals surface area contributed by atoms with E-state index in [1.165, 1.54) is 6.07 Å². The van der Waals surface area contributed by atoms with Gasteiger partial charge >= 0.3 is 11.9 Å². The Morgan fingerprint density at radius 1 is 1.04 bits per heavy atom. The van der Waals surface area contributed by atoms with Gasteiger partial charge in [-0.05, 0) is 50.1 Å². The number of aryl methyl sites for hydroxylation is 2. The van der Waals surface area contributed by atoms with Crippen molar-refractivity contribution >= 4 is 11.9 Å². The molecule has 0 saturated carbocycles. The molecule has 0 bridgehead atoms. The molecule has 132 valence electrons. The first-order valence-electron chi connectivity index (χ1n) is 8.17. The standard InChI is InChI=1S/C20H22O5/c1-4-10-23-20(22)16-6-5-7-17(12-16)25-19(21)13-24-18-9-8-14(2)11-15(18)3/h5-9,11-12H,4,10,13H2,1-3H3. The molecule has 0 aliphatic heterocycles. The van der Waals surface area contributed by atoms with Crippen LogP contribution in [0.15, 0.2) is 42.5 Å². The Labute approximate surface area is 147 Å². The predicted molar refractivity (Wildman–Crippen MR) is 94.1 cm³/mol. The number of rotatable bonds is 7. The molecule has 0 spiro atoms. The molecule has 5 heteroatoms. The summed E-state index contributed by atoms with van der Waals surface area (Å²) in [5, 5.41) is 0. The molecule has 0 N–H and O–H groups in total. The first-order chi connectivity index (χ1) is 12.0. The summed E-state index contributed by atoms with van der Waals surface area (Å²) in [5.74, 6) is -0.0649. The molecule has 0 heterocycles. The summed E-state index contributed by atoms with van der Waals surface area (Å²) < 4.78 is 15.8. The minimum absolute atomic E-state index is 0.214. The normalized spacial score (nSPS) is 10.2. The molecule has 0 amide bonds. The van der Waals surface area contributed by atoms with E-state index < -0.39 is 11.9 Å². The van der Waals surface area contributed by atoms with E-state index in [1.54, 1.807) is 18.2 Å². The molecular weight excluding hydrogens is 320 g/mol. The van der Waals surface area contributed by atoms with Gasteiger partial charge in [0.05, 0.1) is 12.2 Å². The zero-order valence-corrected chi connectivity index (χ0v) is 14.7. The number of hydrogen-bond acceptors (Lipinski definition) is 5. The van der Waals surface area contributed by atoms with Crippen molar-refractivity contribution in [2.45, 2.75) is 27.2 Å². The first-order valence-corrected chi connectivity index (χ1v) is 8.17. The molecule has 0 saturated heterocycles. The Balaban J connectivity index is 1.93. The van der Waals surface area contributed by atoms with E-state index in [4.69, 9.17) is 14.2 Å². The lowest BCUT2D eigenvalue weighted by molar-refractivity contribution is -0.136. The largest absolute Gasteiger partial charge is 0.482 e.